The Bertz CT molecular complexity index is 1100. The van der Waals surface area contributed by atoms with E-state index in [2.05, 4.69) is 4.98 Å². The van der Waals surface area contributed by atoms with Gasteiger partial charge in [0.1, 0.15) is 12.4 Å². The van der Waals surface area contributed by atoms with Crippen LogP contribution in [-0.2, 0) is 25.0 Å². The van der Waals surface area contributed by atoms with Crippen LogP contribution in [0.3, 0.4) is 0 Å². The van der Waals surface area contributed by atoms with Crippen molar-refractivity contribution in [3.05, 3.63) is 93.5 Å². The topological polar surface area (TPSA) is 62.6 Å². The fourth-order valence-corrected chi connectivity index (χ4v) is 3.38. The highest BCUT2D eigenvalue weighted by Crippen LogP contribution is 2.24. The largest absolute Gasteiger partial charge is 0.489 e. The number of aromatic nitrogens is 2. The van der Waals surface area contributed by atoms with Gasteiger partial charge in [-0.3, -0.25) is 4.57 Å². The van der Waals surface area contributed by atoms with Crippen molar-refractivity contribution >= 4 is 5.57 Å². The lowest BCUT2D eigenvalue weighted by Crippen LogP contribution is -2.25. The zero-order valence-electron chi connectivity index (χ0n) is 18.4. The van der Waals surface area contributed by atoms with E-state index < -0.39 is 0 Å². The monoisotopic (exact) mass is 420 g/mol. The summed E-state index contributed by atoms with van der Waals surface area (Å²) in [5, 5.41) is 0. The summed E-state index contributed by atoms with van der Waals surface area (Å²) in [7, 11) is 3.21. The second-order valence-corrected chi connectivity index (χ2v) is 7.16. The first-order valence-corrected chi connectivity index (χ1v) is 10.1. The summed E-state index contributed by atoms with van der Waals surface area (Å²) in [6.07, 6.45) is 1.95. The molecule has 0 amide bonds. The summed E-state index contributed by atoms with van der Waals surface area (Å²) in [5.74, 6) is 1.13. The molecular formula is C25H28N2O4. The smallest absolute Gasteiger partial charge is 0.351 e. The van der Waals surface area contributed by atoms with Crippen molar-refractivity contribution in [1.29, 1.82) is 0 Å². The molecule has 1 heterocycles. The van der Waals surface area contributed by atoms with Gasteiger partial charge in [0.25, 0.3) is 0 Å². The van der Waals surface area contributed by atoms with E-state index in [1.165, 1.54) is 11.7 Å². The number of rotatable bonds is 9. The molecule has 31 heavy (non-hydrogen) atoms. The van der Waals surface area contributed by atoms with Crippen LogP contribution in [0, 0.1) is 6.92 Å². The maximum Gasteiger partial charge on any atom is 0.351 e. The van der Waals surface area contributed by atoms with E-state index >= 15 is 0 Å². The molecule has 0 aliphatic rings. The fourth-order valence-electron chi connectivity index (χ4n) is 3.38. The highest BCUT2D eigenvalue weighted by atomic mass is 16.5. The normalized spacial score (nSPS) is 11.4. The van der Waals surface area contributed by atoms with Gasteiger partial charge in [-0.15, -0.1) is 0 Å². The van der Waals surface area contributed by atoms with E-state index in [9.17, 15) is 4.79 Å². The number of benzene rings is 2. The Morgan fingerprint density at radius 3 is 2.52 bits per heavy atom. The minimum atomic E-state index is -0.361. The predicted molar refractivity (Wildman–Crippen MR) is 121 cm³/mol. The summed E-state index contributed by atoms with van der Waals surface area (Å²) in [4.78, 5) is 16.1. The highest BCUT2D eigenvalue weighted by molar-refractivity contribution is 5.67. The average molecular weight is 421 g/mol. The third kappa shape index (κ3) is 5.61. The minimum absolute atomic E-state index is 0.334. The second-order valence-electron chi connectivity index (χ2n) is 7.16. The van der Waals surface area contributed by atoms with Crippen LogP contribution in [0.2, 0.25) is 0 Å². The Labute approximate surface area is 182 Å². The number of hydrogen-bond donors (Lipinski definition) is 0. The molecule has 2 aromatic carbocycles. The van der Waals surface area contributed by atoms with Gasteiger partial charge in [0.05, 0.1) is 26.0 Å². The fraction of sp³-hybridized carbons (Fsp3) is 0.280. The SMILES string of the molecule is CC=C(COCc1cccc(OCc2ccccc2)c1)c1c(C)c(OC)nc(=O)n1C. The van der Waals surface area contributed by atoms with Gasteiger partial charge in [0.15, 0.2) is 0 Å². The van der Waals surface area contributed by atoms with Crippen LogP contribution >= 0.6 is 0 Å². The summed E-state index contributed by atoms with van der Waals surface area (Å²) in [6.45, 7) is 5.11. The number of ether oxygens (including phenoxy) is 3. The van der Waals surface area contributed by atoms with Gasteiger partial charge >= 0.3 is 5.69 Å². The average Bonchev–Trinajstić information content (AvgIpc) is 2.80. The molecule has 0 radical (unpaired) electrons. The van der Waals surface area contributed by atoms with Gasteiger partial charge < -0.3 is 14.2 Å². The molecule has 6 nitrogen and oxygen atoms in total. The lowest BCUT2D eigenvalue weighted by Gasteiger charge is -2.17. The van der Waals surface area contributed by atoms with E-state index in [0.29, 0.717) is 25.7 Å². The van der Waals surface area contributed by atoms with E-state index in [4.69, 9.17) is 14.2 Å². The van der Waals surface area contributed by atoms with Gasteiger partial charge in [-0.2, -0.15) is 4.98 Å². The zero-order chi connectivity index (χ0) is 22.2. The van der Waals surface area contributed by atoms with Crippen LogP contribution in [0.5, 0.6) is 11.6 Å². The first kappa shape index (κ1) is 22.3. The molecule has 0 unspecified atom stereocenters. The minimum Gasteiger partial charge on any atom is -0.489 e. The molecule has 0 N–H and O–H groups in total. The number of allylic oxidation sites excluding steroid dienone is 1. The van der Waals surface area contributed by atoms with Gasteiger partial charge in [-0.25, -0.2) is 4.79 Å². The van der Waals surface area contributed by atoms with E-state index in [-0.39, 0.29) is 5.69 Å². The Morgan fingerprint density at radius 1 is 1.06 bits per heavy atom. The summed E-state index contributed by atoms with van der Waals surface area (Å²) in [5.41, 5.74) is 4.24. The predicted octanol–water partition coefficient (Wildman–Crippen LogP) is 4.30. The maximum absolute atomic E-state index is 12.2. The van der Waals surface area contributed by atoms with Crippen LogP contribution in [0.1, 0.15) is 29.3 Å². The molecule has 0 atom stereocenters. The molecule has 162 valence electrons. The van der Waals surface area contributed by atoms with E-state index in [0.717, 1.165) is 33.7 Å². The molecule has 0 bridgehead atoms. The standard InChI is InChI=1S/C25H28N2O4/c1-5-21(23-18(2)24(29-4)26-25(28)27(23)3)17-30-15-20-12-9-13-22(14-20)31-16-19-10-7-6-8-11-19/h5-14H,15-17H2,1-4H3. The van der Waals surface area contributed by atoms with Crippen molar-refractivity contribution in [2.45, 2.75) is 27.1 Å². The lowest BCUT2D eigenvalue weighted by atomic mass is 10.1. The number of hydrogen-bond acceptors (Lipinski definition) is 5. The summed E-state index contributed by atoms with van der Waals surface area (Å²) in [6, 6.07) is 17.9. The molecule has 0 aliphatic carbocycles. The first-order chi connectivity index (χ1) is 15.0. The molecule has 0 fully saturated rings. The molecule has 0 saturated heterocycles. The van der Waals surface area contributed by atoms with Gasteiger partial charge in [-0.1, -0.05) is 48.5 Å². The van der Waals surface area contributed by atoms with Crippen molar-refractivity contribution in [3.8, 4) is 11.6 Å². The van der Waals surface area contributed by atoms with Crippen molar-refractivity contribution in [3.63, 3.8) is 0 Å². The van der Waals surface area contributed by atoms with Crippen LogP contribution in [0.4, 0.5) is 0 Å². The van der Waals surface area contributed by atoms with Gasteiger partial charge in [0.2, 0.25) is 5.88 Å². The van der Waals surface area contributed by atoms with E-state index in [1.54, 1.807) is 7.05 Å². The lowest BCUT2D eigenvalue weighted by molar-refractivity contribution is 0.152. The molecule has 1 aromatic heterocycles. The Kier molecular flexibility index (Phi) is 7.62. The van der Waals surface area contributed by atoms with Crippen molar-refractivity contribution in [2.75, 3.05) is 13.7 Å². The van der Waals surface area contributed by atoms with Crippen LogP contribution < -0.4 is 15.2 Å². The van der Waals surface area contributed by atoms with Gasteiger partial charge in [0, 0.05) is 12.6 Å². The molecular weight excluding hydrogens is 392 g/mol. The molecule has 3 aromatic rings. The second kappa shape index (κ2) is 10.6. The first-order valence-electron chi connectivity index (χ1n) is 10.1. The quantitative estimate of drug-likeness (QED) is 0.517. The van der Waals surface area contributed by atoms with Crippen molar-refractivity contribution in [1.82, 2.24) is 9.55 Å². The molecule has 3 rings (SSSR count). The van der Waals surface area contributed by atoms with Crippen LogP contribution in [0.15, 0.2) is 65.5 Å². The molecule has 0 saturated carbocycles. The highest BCUT2D eigenvalue weighted by Gasteiger charge is 2.16. The van der Waals surface area contributed by atoms with E-state index in [1.807, 2.05) is 74.5 Å². The van der Waals surface area contributed by atoms with Crippen molar-refractivity contribution < 1.29 is 14.2 Å². The Balaban J connectivity index is 1.64. The third-order valence-corrected chi connectivity index (χ3v) is 5.01. The maximum atomic E-state index is 12.2. The third-order valence-electron chi connectivity index (χ3n) is 5.01. The number of nitrogens with zero attached hydrogens (tertiary/aromatic N) is 2. The Morgan fingerprint density at radius 2 is 1.81 bits per heavy atom. The summed E-state index contributed by atoms with van der Waals surface area (Å²) < 4.78 is 18.6. The molecule has 0 spiro atoms. The van der Waals surface area contributed by atoms with Crippen molar-refractivity contribution in [2.24, 2.45) is 7.05 Å². The van der Waals surface area contributed by atoms with Crippen LogP contribution in [-0.4, -0.2) is 23.3 Å². The Hall–Kier alpha value is -3.38. The molecule has 0 aliphatic heterocycles. The summed E-state index contributed by atoms with van der Waals surface area (Å²) >= 11 is 0. The molecule has 6 heteroatoms. The van der Waals surface area contributed by atoms with Gasteiger partial charge in [-0.05, 0) is 42.7 Å². The zero-order valence-corrected chi connectivity index (χ0v) is 18.4. The number of methoxy groups -OCH3 is 1. The van der Waals surface area contributed by atoms with Crippen LogP contribution in [0.25, 0.3) is 5.57 Å².